The summed E-state index contributed by atoms with van der Waals surface area (Å²) < 4.78 is 67.6. The van der Waals surface area contributed by atoms with Crippen molar-refractivity contribution in [1.82, 2.24) is 15.2 Å². The van der Waals surface area contributed by atoms with Crippen LogP contribution < -0.4 is 4.72 Å². The number of H-pyrrole nitrogens is 1. The van der Waals surface area contributed by atoms with E-state index in [2.05, 4.69) is 19.9 Å². The highest BCUT2D eigenvalue weighted by Crippen LogP contribution is 2.39. The Labute approximate surface area is 152 Å². The number of nitrogens with zero attached hydrogens (tertiary/aromatic N) is 2. The van der Waals surface area contributed by atoms with Gasteiger partial charge in [0.1, 0.15) is 10.7 Å². The molecular weight excluding hydrogens is 381 g/mol. The Kier molecular flexibility index (Phi) is 4.14. The van der Waals surface area contributed by atoms with Crippen LogP contribution in [0.15, 0.2) is 41.3 Å². The number of rotatable bonds is 5. The van der Waals surface area contributed by atoms with E-state index in [9.17, 15) is 21.6 Å². The Morgan fingerprint density at radius 1 is 1.04 bits per heavy atom. The summed E-state index contributed by atoms with van der Waals surface area (Å²) in [5, 5.41) is 6.92. The highest BCUT2D eigenvalue weighted by Gasteiger charge is 2.28. The highest BCUT2D eigenvalue weighted by atomic mass is 32.2. The molecule has 0 unspecified atom stereocenters. The maximum Gasteiger partial charge on any atom is 0.264 e. The molecule has 4 rings (SSSR count). The first-order valence-electron chi connectivity index (χ1n) is 8.05. The van der Waals surface area contributed by atoms with Crippen LogP contribution in [-0.2, 0) is 10.0 Å². The molecule has 1 aliphatic carbocycles. The molecule has 2 aromatic carbocycles. The van der Waals surface area contributed by atoms with Gasteiger partial charge in [-0.15, -0.1) is 0 Å². The third-order valence-corrected chi connectivity index (χ3v) is 5.55. The highest BCUT2D eigenvalue weighted by molar-refractivity contribution is 7.92. The van der Waals surface area contributed by atoms with Crippen LogP contribution >= 0.6 is 0 Å². The predicted molar refractivity (Wildman–Crippen MR) is 90.9 cm³/mol. The van der Waals surface area contributed by atoms with E-state index in [0.717, 1.165) is 12.8 Å². The number of halogens is 3. The van der Waals surface area contributed by atoms with E-state index in [1.165, 1.54) is 6.07 Å². The zero-order valence-corrected chi connectivity index (χ0v) is 14.5. The summed E-state index contributed by atoms with van der Waals surface area (Å²) >= 11 is 0. The lowest BCUT2D eigenvalue weighted by molar-refractivity contribution is 0.432. The first-order chi connectivity index (χ1) is 12.9. The van der Waals surface area contributed by atoms with Gasteiger partial charge in [-0.2, -0.15) is 5.10 Å². The number of benzene rings is 2. The summed E-state index contributed by atoms with van der Waals surface area (Å²) in [6.07, 6.45) is 2.02. The molecule has 1 fully saturated rings. The second kappa shape index (κ2) is 6.38. The van der Waals surface area contributed by atoms with Crippen LogP contribution in [0.25, 0.3) is 11.4 Å². The van der Waals surface area contributed by atoms with Gasteiger partial charge in [-0.3, -0.25) is 9.82 Å². The molecule has 0 spiro atoms. The number of aromatic amines is 1. The van der Waals surface area contributed by atoms with Crippen molar-refractivity contribution in [2.24, 2.45) is 0 Å². The molecule has 0 saturated heterocycles. The average Bonchev–Trinajstić information content (AvgIpc) is 3.37. The van der Waals surface area contributed by atoms with E-state index < -0.39 is 32.4 Å². The normalized spacial score (nSPS) is 14.3. The number of hydrogen-bond acceptors (Lipinski definition) is 4. The van der Waals surface area contributed by atoms with E-state index in [4.69, 9.17) is 0 Å². The first-order valence-corrected chi connectivity index (χ1v) is 9.53. The molecule has 140 valence electrons. The van der Waals surface area contributed by atoms with Crippen molar-refractivity contribution in [3.63, 3.8) is 0 Å². The van der Waals surface area contributed by atoms with Crippen molar-refractivity contribution in [2.75, 3.05) is 4.72 Å². The minimum atomic E-state index is -4.51. The van der Waals surface area contributed by atoms with Crippen LogP contribution in [0.2, 0.25) is 0 Å². The van der Waals surface area contributed by atoms with Gasteiger partial charge >= 0.3 is 0 Å². The molecule has 10 heteroatoms. The number of nitrogens with one attached hydrogen (secondary N) is 2. The Balaban J connectivity index is 1.71. The molecule has 1 aliphatic rings. The van der Waals surface area contributed by atoms with Gasteiger partial charge < -0.3 is 0 Å². The van der Waals surface area contributed by atoms with Crippen molar-refractivity contribution in [1.29, 1.82) is 0 Å². The zero-order chi connectivity index (χ0) is 19.2. The third kappa shape index (κ3) is 3.27. The average molecular weight is 394 g/mol. The fraction of sp³-hybridized carbons (Fsp3) is 0.176. The molecule has 6 nitrogen and oxygen atoms in total. The Hall–Kier alpha value is -2.88. The number of sulfonamides is 1. The summed E-state index contributed by atoms with van der Waals surface area (Å²) in [6, 6.07) is 7.49. The molecule has 0 atom stereocenters. The van der Waals surface area contributed by atoms with E-state index in [0.29, 0.717) is 29.4 Å². The maximum absolute atomic E-state index is 13.9. The summed E-state index contributed by atoms with van der Waals surface area (Å²) in [5.74, 6) is -3.79. The van der Waals surface area contributed by atoms with Gasteiger partial charge in [-0.1, -0.05) is 12.1 Å². The summed E-state index contributed by atoms with van der Waals surface area (Å²) in [6.45, 7) is 0. The third-order valence-electron chi connectivity index (χ3n) is 4.17. The van der Waals surface area contributed by atoms with Crippen molar-refractivity contribution in [3.8, 4) is 11.4 Å². The fourth-order valence-electron chi connectivity index (χ4n) is 2.62. The van der Waals surface area contributed by atoms with Crippen LogP contribution in [0.1, 0.15) is 24.6 Å². The van der Waals surface area contributed by atoms with Crippen molar-refractivity contribution >= 4 is 15.7 Å². The monoisotopic (exact) mass is 394 g/mol. The van der Waals surface area contributed by atoms with E-state index in [1.54, 1.807) is 18.2 Å². The smallest absolute Gasteiger partial charge is 0.264 e. The Morgan fingerprint density at radius 2 is 1.78 bits per heavy atom. The molecule has 0 bridgehead atoms. The predicted octanol–water partition coefficient (Wildman–Crippen LogP) is 3.57. The molecule has 0 aliphatic heterocycles. The van der Waals surface area contributed by atoms with Gasteiger partial charge in [0.25, 0.3) is 10.0 Å². The van der Waals surface area contributed by atoms with Crippen molar-refractivity contribution in [3.05, 3.63) is 59.7 Å². The Morgan fingerprint density at radius 3 is 2.52 bits per heavy atom. The minimum Gasteiger partial charge on any atom is -0.279 e. The van der Waals surface area contributed by atoms with Gasteiger partial charge in [0.15, 0.2) is 23.3 Å². The van der Waals surface area contributed by atoms with Crippen LogP contribution in [-0.4, -0.2) is 23.6 Å². The van der Waals surface area contributed by atoms with Crippen molar-refractivity contribution < 1.29 is 21.6 Å². The van der Waals surface area contributed by atoms with Crippen LogP contribution in [0.5, 0.6) is 0 Å². The topological polar surface area (TPSA) is 87.7 Å². The molecule has 3 aromatic rings. The number of hydrogen-bond donors (Lipinski definition) is 2. The number of para-hydroxylation sites is 1. The quantitative estimate of drug-likeness (QED) is 0.648. The molecule has 2 N–H and O–H groups in total. The van der Waals surface area contributed by atoms with E-state index >= 15 is 0 Å². The second-order valence-corrected chi connectivity index (χ2v) is 7.79. The standard InChI is InChI=1S/C17H13F3N4O2S/c18-11-7-8-13(15(20)14(11)19)27(25,26)24-12-4-2-1-3-10(12)17-21-16(22-23-17)9-5-6-9/h1-4,7-9,24H,5-6H2,(H,21,22,23). The van der Waals surface area contributed by atoms with Gasteiger partial charge in [-0.05, 0) is 37.1 Å². The molecule has 0 radical (unpaired) electrons. The van der Waals surface area contributed by atoms with E-state index in [1.807, 2.05) is 0 Å². The minimum absolute atomic E-state index is 0.0861. The molecule has 27 heavy (non-hydrogen) atoms. The lowest BCUT2D eigenvalue weighted by Crippen LogP contribution is -2.16. The van der Waals surface area contributed by atoms with Gasteiger partial charge in [0, 0.05) is 11.5 Å². The van der Waals surface area contributed by atoms with Crippen LogP contribution in [0.4, 0.5) is 18.9 Å². The SMILES string of the molecule is O=S(=O)(Nc1ccccc1-c1n[nH]c(C2CC2)n1)c1ccc(F)c(F)c1F. The second-order valence-electron chi connectivity index (χ2n) is 6.14. The van der Waals surface area contributed by atoms with Gasteiger partial charge in [-0.25, -0.2) is 26.6 Å². The first kappa shape index (κ1) is 17.5. The van der Waals surface area contributed by atoms with E-state index in [-0.39, 0.29) is 11.5 Å². The van der Waals surface area contributed by atoms with Gasteiger partial charge in [0.05, 0.1) is 5.69 Å². The largest absolute Gasteiger partial charge is 0.279 e. The summed E-state index contributed by atoms with van der Waals surface area (Å²) in [4.78, 5) is 3.37. The lowest BCUT2D eigenvalue weighted by atomic mass is 10.2. The maximum atomic E-state index is 13.9. The van der Waals surface area contributed by atoms with Gasteiger partial charge in [0.2, 0.25) is 0 Å². The molecular formula is C17H13F3N4O2S. The lowest BCUT2D eigenvalue weighted by Gasteiger charge is -2.12. The zero-order valence-electron chi connectivity index (χ0n) is 13.7. The molecule has 1 heterocycles. The molecule has 0 amide bonds. The summed E-state index contributed by atoms with van der Waals surface area (Å²) in [7, 11) is -4.51. The number of anilines is 1. The molecule has 1 saturated carbocycles. The van der Waals surface area contributed by atoms with Crippen LogP contribution in [0, 0.1) is 17.5 Å². The fourth-order valence-corrected chi connectivity index (χ4v) is 3.77. The van der Waals surface area contributed by atoms with Crippen molar-refractivity contribution in [2.45, 2.75) is 23.7 Å². The summed E-state index contributed by atoms with van der Waals surface area (Å²) in [5.41, 5.74) is 0.454. The number of aromatic nitrogens is 3. The molecule has 1 aromatic heterocycles. The van der Waals surface area contributed by atoms with Crippen LogP contribution in [0.3, 0.4) is 0 Å². The Bertz CT molecular complexity index is 1130.